The zero-order valence-electron chi connectivity index (χ0n) is 22.2. The summed E-state index contributed by atoms with van der Waals surface area (Å²) in [5.74, 6) is -15.3. The molecule has 0 saturated carbocycles. The van der Waals surface area contributed by atoms with Gasteiger partial charge < -0.3 is 14.2 Å². The number of benzene rings is 4. The van der Waals surface area contributed by atoms with Crippen molar-refractivity contribution < 1.29 is 58.1 Å². The summed E-state index contributed by atoms with van der Waals surface area (Å²) in [6.45, 7) is 1.51. The van der Waals surface area contributed by atoms with Crippen LogP contribution in [0.3, 0.4) is 0 Å². The molecular weight excluding hydrogens is 598 g/mol. The number of halogens is 10. The number of ether oxygens (including phenoxy) is 3. The van der Waals surface area contributed by atoms with Crippen LogP contribution in [-0.2, 0) is 6.42 Å². The smallest absolute Gasteiger partial charge is 0.398 e. The first-order valence-electron chi connectivity index (χ1n) is 12.5. The van der Waals surface area contributed by atoms with E-state index in [1.807, 2.05) is 0 Å². The number of aryl methyl sites for hydroxylation is 1. The molecule has 13 heteroatoms. The molecule has 0 saturated heterocycles. The van der Waals surface area contributed by atoms with E-state index in [4.69, 9.17) is 4.74 Å². The van der Waals surface area contributed by atoms with Crippen LogP contribution < -0.4 is 14.2 Å². The molecule has 0 aliphatic rings. The Morgan fingerprint density at radius 1 is 0.535 bits per heavy atom. The Morgan fingerprint density at radius 3 is 1.47 bits per heavy atom. The molecule has 0 aromatic heterocycles. The van der Waals surface area contributed by atoms with E-state index < -0.39 is 111 Å². The van der Waals surface area contributed by atoms with Crippen LogP contribution >= 0.6 is 0 Å². The lowest BCUT2D eigenvalue weighted by Gasteiger charge is -2.19. The van der Waals surface area contributed by atoms with Gasteiger partial charge >= 0.3 is 6.11 Å². The molecule has 4 rings (SSSR count). The Kier molecular flexibility index (Phi) is 9.12. The molecule has 0 atom stereocenters. The van der Waals surface area contributed by atoms with Gasteiger partial charge in [-0.1, -0.05) is 12.1 Å². The summed E-state index contributed by atoms with van der Waals surface area (Å²) in [5.41, 5.74) is -3.45. The van der Waals surface area contributed by atoms with Gasteiger partial charge in [-0.25, -0.2) is 22.0 Å². The van der Waals surface area contributed by atoms with Gasteiger partial charge in [0, 0.05) is 22.3 Å². The maximum absolute atomic E-state index is 14.7. The Morgan fingerprint density at radius 2 is 0.953 bits per heavy atom. The van der Waals surface area contributed by atoms with Crippen LogP contribution in [0.15, 0.2) is 48.5 Å². The zero-order chi connectivity index (χ0) is 31.6. The molecule has 0 radical (unpaired) electrons. The maximum Gasteiger partial charge on any atom is 0.398 e. The largest absolute Gasteiger partial charge is 0.494 e. The van der Waals surface area contributed by atoms with Gasteiger partial charge in [0.2, 0.25) is 17.5 Å². The molecule has 0 spiro atoms. The van der Waals surface area contributed by atoms with Crippen molar-refractivity contribution in [3.05, 3.63) is 101 Å². The topological polar surface area (TPSA) is 27.7 Å². The van der Waals surface area contributed by atoms with Crippen LogP contribution in [0.5, 0.6) is 17.2 Å². The van der Waals surface area contributed by atoms with Crippen LogP contribution in [0.25, 0.3) is 22.3 Å². The second-order valence-corrected chi connectivity index (χ2v) is 8.99. The van der Waals surface area contributed by atoms with E-state index in [0.717, 1.165) is 43.5 Å². The fourth-order valence-electron chi connectivity index (χ4n) is 4.21. The summed E-state index contributed by atoms with van der Waals surface area (Å²) in [4.78, 5) is 0. The average molecular weight is 618 g/mol. The van der Waals surface area contributed by atoms with Crippen LogP contribution in [0.2, 0.25) is 0 Å². The number of rotatable bonds is 10. The highest BCUT2D eigenvalue weighted by Crippen LogP contribution is 2.37. The van der Waals surface area contributed by atoms with Crippen molar-refractivity contribution in [1.82, 2.24) is 0 Å². The van der Waals surface area contributed by atoms with Gasteiger partial charge in [-0.05, 0) is 55.3 Å². The quantitative estimate of drug-likeness (QED) is 0.166. The predicted octanol–water partition coefficient (Wildman–Crippen LogP) is 9.15. The van der Waals surface area contributed by atoms with Crippen molar-refractivity contribution in [3.8, 4) is 39.5 Å². The standard InChI is InChI=1S/C30H20F10O3/c1-3-42-20-10-7-17(25(34)28(20)37)18-8-11-21(29(38)26(18)35)43-30(39,40)13-12-14-4-5-15(23(32)22(14)31)16-6-9-19(41-2)27(36)24(16)33/h4-11H,3,12-13H2,1-2H3. The number of alkyl halides is 2. The van der Waals surface area contributed by atoms with Crippen LogP contribution in [0.1, 0.15) is 18.9 Å². The summed E-state index contributed by atoms with van der Waals surface area (Å²) in [5, 5.41) is 0. The van der Waals surface area contributed by atoms with E-state index in [2.05, 4.69) is 9.47 Å². The van der Waals surface area contributed by atoms with E-state index in [0.29, 0.717) is 12.1 Å². The number of methoxy groups -OCH3 is 1. The third-order valence-corrected chi connectivity index (χ3v) is 6.35. The van der Waals surface area contributed by atoms with Crippen LogP contribution in [0, 0.1) is 46.5 Å². The molecule has 3 nitrogen and oxygen atoms in total. The minimum atomic E-state index is -4.25. The third kappa shape index (κ3) is 6.20. The average Bonchev–Trinajstić information content (AvgIpc) is 2.97. The van der Waals surface area contributed by atoms with Gasteiger partial charge in [-0.15, -0.1) is 0 Å². The highest BCUT2D eigenvalue weighted by molar-refractivity contribution is 5.68. The lowest BCUT2D eigenvalue weighted by Crippen LogP contribution is -2.26. The normalized spacial score (nSPS) is 11.5. The third-order valence-electron chi connectivity index (χ3n) is 6.35. The van der Waals surface area contributed by atoms with Crippen molar-refractivity contribution in [2.24, 2.45) is 0 Å². The van der Waals surface area contributed by atoms with Gasteiger partial charge in [0.15, 0.2) is 46.3 Å². The highest BCUT2D eigenvalue weighted by atomic mass is 19.3. The van der Waals surface area contributed by atoms with Gasteiger partial charge in [0.25, 0.3) is 0 Å². The number of hydrogen-bond donors (Lipinski definition) is 0. The summed E-state index contributed by atoms with van der Waals surface area (Å²) in [6.07, 6.45) is -6.48. The van der Waals surface area contributed by atoms with Crippen LogP contribution in [-0.4, -0.2) is 19.8 Å². The predicted molar refractivity (Wildman–Crippen MR) is 135 cm³/mol. The molecule has 4 aromatic rings. The van der Waals surface area contributed by atoms with E-state index >= 15 is 0 Å². The van der Waals surface area contributed by atoms with E-state index in [1.165, 1.54) is 6.92 Å². The Hall–Kier alpha value is -4.42. The van der Waals surface area contributed by atoms with Gasteiger partial charge in [0.1, 0.15) is 0 Å². The molecule has 228 valence electrons. The molecule has 4 aromatic carbocycles. The van der Waals surface area contributed by atoms with Gasteiger partial charge in [-0.2, -0.15) is 22.0 Å². The minimum Gasteiger partial charge on any atom is -0.494 e. The molecule has 0 bridgehead atoms. The minimum absolute atomic E-state index is 0.00324. The molecule has 43 heavy (non-hydrogen) atoms. The zero-order valence-corrected chi connectivity index (χ0v) is 22.2. The maximum atomic E-state index is 14.7. The summed E-state index contributed by atoms with van der Waals surface area (Å²) >= 11 is 0. The lowest BCUT2D eigenvalue weighted by molar-refractivity contribution is -0.181. The second-order valence-electron chi connectivity index (χ2n) is 8.99. The Labute approximate surface area is 238 Å². The molecule has 0 amide bonds. The first kappa shape index (κ1) is 31.5. The van der Waals surface area contributed by atoms with Crippen molar-refractivity contribution in [1.29, 1.82) is 0 Å². The molecule has 0 heterocycles. The fraction of sp³-hybridized carbons (Fsp3) is 0.200. The second kappa shape index (κ2) is 12.4. The van der Waals surface area contributed by atoms with E-state index in [1.54, 1.807) is 0 Å². The van der Waals surface area contributed by atoms with Crippen molar-refractivity contribution in [3.63, 3.8) is 0 Å². The Balaban J connectivity index is 1.53. The molecule has 0 unspecified atom stereocenters. The van der Waals surface area contributed by atoms with E-state index in [9.17, 15) is 43.9 Å². The highest BCUT2D eigenvalue weighted by Gasteiger charge is 2.34. The van der Waals surface area contributed by atoms with Crippen molar-refractivity contribution >= 4 is 0 Å². The monoisotopic (exact) mass is 618 g/mol. The first-order chi connectivity index (χ1) is 20.3. The fourth-order valence-corrected chi connectivity index (χ4v) is 4.21. The first-order valence-corrected chi connectivity index (χ1v) is 12.5. The van der Waals surface area contributed by atoms with Crippen LogP contribution in [0.4, 0.5) is 43.9 Å². The molecule has 0 N–H and O–H groups in total. The van der Waals surface area contributed by atoms with Gasteiger partial charge in [-0.3, -0.25) is 0 Å². The summed E-state index contributed by atoms with van der Waals surface area (Å²) in [7, 11) is 1.07. The molecular formula is C30H20F10O3. The van der Waals surface area contributed by atoms with Gasteiger partial charge in [0.05, 0.1) is 20.1 Å². The molecule has 0 aliphatic heterocycles. The summed E-state index contributed by atoms with van der Waals surface area (Å²) < 4.78 is 159. The van der Waals surface area contributed by atoms with E-state index in [-0.39, 0.29) is 6.61 Å². The summed E-state index contributed by atoms with van der Waals surface area (Å²) in [6, 6.07) is 6.79. The SMILES string of the molecule is CCOc1ccc(-c2ccc(OC(F)(F)CCc3ccc(-c4ccc(OC)c(F)c4F)c(F)c3F)c(F)c2F)c(F)c1F. The number of hydrogen-bond acceptors (Lipinski definition) is 3. The Bertz CT molecular complexity index is 1670. The lowest BCUT2D eigenvalue weighted by atomic mass is 9.99. The van der Waals surface area contributed by atoms with Crippen molar-refractivity contribution in [2.45, 2.75) is 25.9 Å². The van der Waals surface area contributed by atoms with Crippen molar-refractivity contribution in [2.75, 3.05) is 13.7 Å². The molecule has 0 aliphatic carbocycles. The molecule has 0 fully saturated rings.